The minimum atomic E-state index is -0.106. The molecule has 0 aliphatic carbocycles. The van der Waals surface area contributed by atoms with Crippen LogP contribution in [0.3, 0.4) is 0 Å². The fourth-order valence-corrected chi connectivity index (χ4v) is 1.82. The molecule has 0 aliphatic rings. The zero-order valence-electron chi connectivity index (χ0n) is 8.27. The monoisotopic (exact) mass is 212 g/mol. The van der Waals surface area contributed by atoms with Crippen LogP contribution >= 0.6 is 0 Å². The van der Waals surface area contributed by atoms with Crippen molar-refractivity contribution in [2.24, 2.45) is 0 Å². The first-order chi connectivity index (χ1) is 7.74. The highest BCUT2D eigenvalue weighted by molar-refractivity contribution is 6.02. The molecule has 3 aromatic rings. The first kappa shape index (κ1) is 8.91. The Morgan fingerprint density at radius 1 is 1.19 bits per heavy atom. The van der Waals surface area contributed by atoms with Gasteiger partial charge in [-0.15, -0.1) is 0 Å². The van der Waals surface area contributed by atoms with Gasteiger partial charge in [0.15, 0.2) is 5.43 Å². The molecule has 78 valence electrons. The molecule has 0 atom stereocenters. The maximum absolute atomic E-state index is 11.2. The summed E-state index contributed by atoms with van der Waals surface area (Å²) in [4.78, 5) is 18.2. The van der Waals surface area contributed by atoms with Crippen LogP contribution in [0.15, 0.2) is 41.5 Å². The Morgan fingerprint density at radius 3 is 2.88 bits per heavy atom. The molecule has 4 nitrogen and oxygen atoms in total. The molecule has 16 heavy (non-hydrogen) atoms. The molecule has 0 bridgehead atoms. The maximum Gasteiger partial charge on any atom is 0.197 e. The van der Waals surface area contributed by atoms with Crippen LogP contribution in [0.25, 0.3) is 21.8 Å². The zero-order chi connectivity index (χ0) is 11.1. The second kappa shape index (κ2) is 3.06. The number of aromatic nitrogens is 2. The number of benzene rings is 1. The van der Waals surface area contributed by atoms with Gasteiger partial charge in [-0.25, -0.2) is 4.98 Å². The van der Waals surface area contributed by atoms with E-state index in [0.29, 0.717) is 0 Å². The Hall–Kier alpha value is -2.36. The summed E-state index contributed by atoms with van der Waals surface area (Å²) >= 11 is 0. The van der Waals surface area contributed by atoms with Crippen LogP contribution < -0.4 is 5.43 Å². The van der Waals surface area contributed by atoms with Crippen LogP contribution in [-0.4, -0.2) is 15.1 Å². The Morgan fingerprint density at radius 2 is 2.00 bits per heavy atom. The highest BCUT2D eigenvalue weighted by atomic mass is 16.3. The SMILES string of the molecule is O=c1cnc2c(ccc3cc(O)c[nH]c32)c1. The predicted octanol–water partition coefficient (Wildman–Crippen LogP) is 1.78. The lowest BCUT2D eigenvalue weighted by Crippen LogP contribution is -1.98. The predicted molar refractivity (Wildman–Crippen MR) is 61.5 cm³/mol. The lowest BCUT2D eigenvalue weighted by atomic mass is 10.1. The lowest BCUT2D eigenvalue weighted by Gasteiger charge is -2.02. The molecule has 0 unspecified atom stereocenters. The lowest BCUT2D eigenvalue weighted by molar-refractivity contribution is 0.474. The van der Waals surface area contributed by atoms with Crippen molar-refractivity contribution in [3.8, 4) is 5.75 Å². The highest BCUT2D eigenvalue weighted by Crippen LogP contribution is 2.23. The van der Waals surface area contributed by atoms with E-state index in [1.54, 1.807) is 12.1 Å². The van der Waals surface area contributed by atoms with Gasteiger partial charge in [0.1, 0.15) is 5.75 Å². The molecule has 0 saturated carbocycles. The van der Waals surface area contributed by atoms with Crippen molar-refractivity contribution in [1.29, 1.82) is 0 Å². The topological polar surface area (TPSA) is 66.0 Å². The van der Waals surface area contributed by atoms with Gasteiger partial charge >= 0.3 is 0 Å². The van der Waals surface area contributed by atoms with Gasteiger partial charge in [-0.2, -0.15) is 0 Å². The average molecular weight is 212 g/mol. The van der Waals surface area contributed by atoms with E-state index in [-0.39, 0.29) is 11.2 Å². The molecule has 0 radical (unpaired) electrons. The smallest absolute Gasteiger partial charge is 0.197 e. The van der Waals surface area contributed by atoms with Crippen LogP contribution in [0.2, 0.25) is 0 Å². The molecule has 4 heteroatoms. The largest absolute Gasteiger partial charge is 0.506 e. The normalized spacial score (nSPS) is 11.0. The zero-order valence-corrected chi connectivity index (χ0v) is 8.27. The summed E-state index contributed by atoms with van der Waals surface area (Å²) < 4.78 is 0. The van der Waals surface area contributed by atoms with E-state index in [2.05, 4.69) is 9.97 Å². The molecule has 2 heterocycles. The van der Waals surface area contributed by atoms with Gasteiger partial charge in [0.05, 0.1) is 17.2 Å². The molecular weight excluding hydrogens is 204 g/mol. The Labute approximate surface area is 90.2 Å². The van der Waals surface area contributed by atoms with Crippen molar-refractivity contribution in [2.75, 3.05) is 0 Å². The van der Waals surface area contributed by atoms with Crippen molar-refractivity contribution in [1.82, 2.24) is 9.97 Å². The second-order valence-electron chi connectivity index (χ2n) is 3.63. The Balaban J connectivity index is 2.54. The summed E-state index contributed by atoms with van der Waals surface area (Å²) in [5.74, 6) is 0.173. The Bertz CT molecular complexity index is 747. The number of nitrogens with one attached hydrogen (secondary N) is 1. The van der Waals surface area contributed by atoms with Crippen molar-refractivity contribution in [2.45, 2.75) is 0 Å². The third kappa shape index (κ3) is 1.24. The number of pyridine rings is 2. The van der Waals surface area contributed by atoms with E-state index in [1.165, 1.54) is 12.4 Å². The van der Waals surface area contributed by atoms with E-state index in [1.807, 2.05) is 12.1 Å². The number of H-pyrrole nitrogens is 1. The summed E-state index contributed by atoms with van der Waals surface area (Å²) in [7, 11) is 0. The molecule has 0 spiro atoms. The molecule has 2 aromatic heterocycles. The Kier molecular flexibility index (Phi) is 1.71. The molecule has 3 rings (SSSR count). The molecule has 0 aliphatic heterocycles. The first-order valence-corrected chi connectivity index (χ1v) is 4.84. The third-order valence-electron chi connectivity index (χ3n) is 2.53. The second-order valence-corrected chi connectivity index (χ2v) is 3.63. The summed E-state index contributed by atoms with van der Waals surface area (Å²) in [6.45, 7) is 0. The van der Waals surface area contributed by atoms with E-state index in [9.17, 15) is 9.90 Å². The van der Waals surface area contributed by atoms with Crippen LogP contribution in [0.4, 0.5) is 0 Å². The van der Waals surface area contributed by atoms with Crippen LogP contribution in [0.1, 0.15) is 0 Å². The van der Waals surface area contributed by atoms with Crippen molar-refractivity contribution in [3.63, 3.8) is 0 Å². The van der Waals surface area contributed by atoms with E-state index >= 15 is 0 Å². The third-order valence-corrected chi connectivity index (χ3v) is 2.53. The van der Waals surface area contributed by atoms with Gasteiger partial charge in [-0.1, -0.05) is 12.1 Å². The average Bonchev–Trinajstić information content (AvgIpc) is 2.28. The fraction of sp³-hybridized carbons (Fsp3) is 0. The standard InChI is InChI=1S/C12H8N2O2/c15-9-3-7-1-2-8-4-10(16)6-14-12(8)11(7)13-5-9/h1-6,13,15H. The van der Waals surface area contributed by atoms with Gasteiger partial charge in [-0.05, 0) is 12.1 Å². The molecule has 1 aromatic carbocycles. The van der Waals surface area contributed by atoms with E-state index in [4.69, 9.17) is 0 Å². The van der Waals surface area contributed by atoms with Crippen LogP contribution in [0, 0.1) is 0 Å². The van der Waals surface area contributed by atoms with Gasteiger partial charge < -0.3 is 10.1 Å². The van der Waals surface area contributed by atoms with Gasteiger partial charge in [0.2, 0.25) is 0 Å². The molecule has 0 fully saturated rings. The van der Waals surface area contributed by atoms with Gasteiger partial charge in [-0.3, -0.25) is 4.79 Å². The number of rotatable bonds is 0. The molecule has 2 N–H and O–H groups in total. The number of nitrogens with zero attached hydrogens (tertiary/aromatic N) is 1. The van der Waals surface area contributed by atoms with E-state index < -0.39 is 0 Å². The minimum absolute atomic E-state index is 0.106. The van der Waals surface area contributed by atoms with Gasteiger partial charge in [0.25, 0.3) is 0 Å². The number of aromatic hydroxyl groups is 1. The molecular formula is C12H8N2O2. The fourth-order valence-electron chi connectivity index (χ4n) is 1.82. The molecule has 0 saturated heterocycles. The van der Waals surface area contributed by atoms with Crippen LogP contribution in [-0.2, 0) is 0 Å². The number of aromatic amines is 1. The van der Waals surface area contributed by atoms with Gasteiger partial charge in [0, 0.05) is 17.0 Å². The molecule has 0 amide bonds. The highest BCUT2D eigenvalue weighted by Gasteiger charge is 2.03. The quantitative estimate of drug-likeness (QED) is 0.558. The van der Waals surface area contributed by atoms with Crippen molar-refractivity contribution in [3.05, 3.63) is 46.9 Å². The summed E-state index contributed by atoms with van der Waals surface area (Å²) in [5.41, 5.74) is 1.44. The maximum atomic E-state index is 11.2. The van der Waals surface area contributed by atoms with Crippen molar-refractivity contribution >= 4 is 21.8 Å². The number of hydrogen-bond donors (Lipinski definition) is 2. The van der Waals surface area contributed by atoms with E-state index in [0.717, 1.165) is 21.8 Å². The summed E-state index contributed by atoms with van der Waals surface area (Å²) in [5, 5.41) is 11.0. The number of fused-ring (bicyclic) bond motifs is 3. The van der Waals surface area contributed by atoms with Crippen LogP contribution in [0.5, 0.6) is 5.75 Å². The minimum Gasteiger partial charge on any atom is -0.506 e. The first-order valence-electron chi connectivity index (χ1n) is 4.84. The number of hydrogen-bond acceptors (Lipinski definition) is 3. The summed E-state index contributed by atoms with van der Waals surface area (Å²) in [6, 6.07) is 6.86. The summed E-state index contributed by atoms with van der Waals surface area (Å²) in [6.07, 6.45) is 2.79. The van der Waals surface area contributed by atoms with Crippen molar-refractivity contribution < 1.29 is 5.11 Å².